The predicted octanol–water partition coefficient (Wildman–Crippen LogP) is 4.55. The van der Waals surface area contributed by atoms with E-state index >= 15 is 0 Å². The standard InChI is InChI=1S/C14H12F4N2OS/c15-10-4-1-9(2-5-10)3-6-12-19-20-14(21-12)22-8-7-11(16)13(17)18/h1-2,4-5H,3,6-8H2. The number of rotatable bonds is 7. The summed E-state index contributed by atoms with van der Waals surface area (Å²) in [5.74, 6) is -1.25. The van der Waals surface area contributed by atoms with Crippen molar-refractivity contribution in [3.05, 3.63) is 53.4 Å². The van der Waals surface area contributed by atoms with Crippen LogP contribution in [0.3, 0.4) is 0 Å². The zero-order chi connectivity index (χ0) is 15.9. The molecule has 118 valence electrons. The van der Waals surface area contributed by atoms with Crippen LogP contribution in [0.25, 0.3) is 0 Å². The van der Waals surface area contributed by atoms with Gasteiger partial charge in [0.1, 0.15) is 5.82 Å². The largest absolute Gasteiger partial charge is 0.416 e. The third kappa shape index (κ3) is 5.18. The maximum atomic E-state index is 12.8. The average Bonchev–Trinajstić information content (AvgIpc) is 2.94. The van der Waals surface area contributed by atoms with Crippen molar-refractivity contribution < 1.29 is 22.0 Å². The SMILES string of the molecule is FC(F)=C(F)CCSc1nnc(CCc2ccc(F)cc2)o1. The molecule has 0 fully saturated rings. The summed E-state index contributed by atoms with van der Waals surface area (Å²) in [6.07, 6.45) is -1.60. The first kappa shape index (κ1) is 16.5. The van der Waals surface area contributed by atoms with Crippen molar-refractivity contribution in [3.8, 4) is 0 Å². The van der Waals surface area contributed by atoms with Gasteiger partial charge in [0.2, 0.25) is 5.89 Å². The summed E-state index contributed by atoms with van der Waals surface area (Å²) < 4.78 is 54.4. The Hall–Kier alpha value is -1.83. The number of hydrogen-bond donors (Lipinski definition) is 0. The Morgan fingerprint density at radius 3 is 2.45 bits per heavy atom. The highest BCUT2D eigenvalue weighted by Crippen LogP contribution is 2.22. The summed E-state index contributed by atoms with van der Waals surface area (Å²) in [5.41, 5.74) is 0.930. The van der Waals surface area contributed by atoms with E-state index in [9.17, 15) is 17.6 Å². The molecule has 1 aromatic heterocycles. The lowest BCUT2D eigenvalue weighted by molar-refractivity contribution is 0.373. The highest BCUT2D eigenvalue weighted by Gasteiger charge is 2.09. The Kier molecular flexibility index (Phi) is 6.00. The molecule has 0 saturated carbocycles. The van der Waals surface area contributed by atoms with E-state index in [4.69, 9.17) is 4.42 Å². The minimum Gasteiger partial charge on any atom is -0.416 e. The number of halogens is 4. The summed E-state index contributed by atoms with van der Waals surface area (Å²) in [7, 11) is 0. The fraction of sp³-hybridized carbons (Fsp3) is 0.286. The highest BCUT2D eigenvalue weighted by molar-refractivity contribution is 7.99. The fourth-order valence-corrected chi connectivity index (χ4v) is 2.33. The van der Waals surface area contributed by atoms with E-state index in [1.807, 2.05) is 0 Å². The molecule has 0 amide bonds. The predicted molar refractivity (Wildman–Crippen MR) is 73.8 cm³/mol. The summed E-state index contributed by atoms with van der Waals surface area (Å²) in [6.45, 7) is 0. The van der Waals surface area contributed by atoms with E-state index in [0.717, 1.165) is 17.3 Å². The smallest absolute Gasteiger partial charge is 0.301 e. The highest BCUT2D eigenvalue weighted by atomic mass is 32.2. The number of aryl methyl sites for hydroxylation is 2. The number of allylic oxidation sites excluding steroid dienone is 1. The molecule has 0 radical (unpaired) electrons. The Morgan fingerprint density at radius 1 is 1.05 bits per heavy atom. The van der Waals surface area contributed by atoms with Gasteiger partial charge < -0.3 is 4.42 Å². The van der Waals surface area contributed by atoms with Crippen molar-refractivity contribution in [3.63, 3.8) is 0 Å². The zero-order valence-corrected chi connectivity index (χ0v) is 12.2. The molecule has 2 rings (SSSR count). The van der Waals surface area contributed by atoms with E-state index in [-0.39, 0.29) is 23.2 Å². The van der Waals surface area contributed by atoms with E-state index < -0.39 is 11.9 Å². The first-order valence-electron chi connectivity index (χ1n) is 6.44. The fourth-order valence-electron chi connectivity index (χ4n) is 1.62. The van der Waals surface area contributed by atoms with Crippen LogP contribution in [0.4, 0.5) is 17.6 Å². The molecule has 0 bridgehead atoms. The molecule has 0 unspecified atom stereocenters. The lowest BCUT2D eigenvalue weighted by atomic mass is 10.1. The van der Waals surface area contributed by atoms with Gasteiger partial charge in [-0.2, -0.15) is 8.78 Å². The molecule has 0 aliphatic rings. The Balaban J connectivity index is 1.79. The normalized spacial score (nSPS) is 10.7. The van der Waals surface area contributed by atoms with Gasteiger partial charge in [0, 0.05) is 18.6 Å². The summed E-state index contributed by atoms with van der Waals surface area (Å²) in [4.78, 5) is 0. The Labute approximate surface area is 128 Å². The van der Waals surface area contributed by atoms with Gasteiger partial charge in [-0.05, 0) is 24.1 Å². The molecule has 1 aromatic carbocycles. The molecule has 8 heteroatoms. The van der Waals surface area contributed by atoms with Crippen LogP contribution in [0.5, 0.6) is 0 Å². The molecule has 0 spiro atoms. The molecular formula is C14H12F4N2OS. The summed E-state index contributed by atoms with van der Waals surface area (Å²) in [5, 5.41) is 7.77. The van der Waals surface area contributed by atoms with Crippen LogP contribution in [0.15, 0.2) is 45.8 Å². The van der Waals surface area contributed by atoms with E-state index in [0.29, 0.717) is 18.7 Å². The molecule has 0 atom stereocenters. The van der Waals surface area contributed by atoms with Crippen molar-refractivity contribution in [2.75, 3.05) is 5.75 Å². The van der Waals surface area contributed by atoms with Crippen LogP contribution in [-0.2, 0) is 12.8 Å². The van der Waals surface area contributed by atoms with Gasteiger partial charge in [-0.3, -0.25) is 0 Å². The molecule has 3 nitrogen and oxygen atoms in total. The molecule has 0 aliphatic heterocycles. The number of benzene rings is 1. The van der Waals surface area contributed by atoms with Crippen LogP contribution < -0.4 is 0 Å². The van der Waals surface area contributed by atoms with Crippen molar-refractivity contribution in [2.24, 2.45) is 0 Å². The van der Waals surface area contributed by atoms with Crippen LogP contribution >= 0.6 is 11.8 Å². The quantitative estimate of drug-likeness (QED) is 0.551. The van der Waals surface area contributed by atoms with Gasteiger partial charge in [0.15, 0.2) is 5.83 Å². The van der Waals surface area contributed by atoms with Crippen molar-refractivity contribution in [1.82, 2.24) is 10.2 Å². The molecular weight excluding hydrogens is 320 g/mol. The molecule has 0 aliphatic carbocycles. The zero-order valence-electron chi connectivity index (χ0n) is 11.4. The maximum absolute atomic E-state index is 12.8. The Bertz CT molecular complexity index is 639. The van der Waals surface area contributed by atoms with Crippen LogP contribution in [-0.4, -0.2) is 16.0 Å². The second-order valence-corrected chi connectivity index (χ2v) is 5.40. The number of aromatic nitrogens is 2. The first-order chi connectivity index (χ1) is 10.5. The van der Waals surface area contributed by atoms with Crippen LogP contribution in [0, 0.1) is 5.82 Å². The van der Waals surface area contributed by atoms with E-state index in [1.165, 1.54) is 12.1 Å². The van der Waals surface area contributed by atoms with Gasteiger partial charge in [-0.1, -0.05) is 23.9 Å². The van der Waals surface area contributed by atoms with Gasteiger partial charge >= 0.3 is 6.08 Å². The third-order valence-corrected chi connectivity index (χ3v) is 3.56. The third-order valence-electron chi connectivity index (χ3n) is 2.74. The topological polar surface area (TPSA) is 38.9 Å². The molecule has 2 aromatic rings. The van der Waals surface area contributed by atoms with Gasteiger partial charge in [-0.15, -0.1) is 10.2 Å². The monoisotopic (exact) mass is 332 g/mol. The Morgan fingerprint density at radius 2 is 1.77 bits per heavy atom. The number of thioether (sulfide) groups is 1. The second-order valence-electron chi connectivity index (χ2n) is 4.35. The van der Waals surface area contributed by atoms with Gasteiger partial charge in [-0.25, -0.2) is 8.78 Å². The molecule has 0 N–H and O–H groups in total. The van der Waals surface area contributed by atoms with Gasteiger partial charge in [0.05, 0.1) is 0 Å². The van der Waals surface area contributed by atoms with Crippen LogP contribution in [0.1, 0.15) is 17.9 Å². The summed E-state index contributed by atoms with van der Waals surface area (Å²) >= 11 is 1.01. The molecule has 1 heterocycles. The van der Waals surface area contributed by atoms with Gasteiger partial charge in [0.25, 0.3) is 5.22 Å². The first-order valence-corrected chi connectivity index (χ1v) is 7.42. The lowest BCUT2D eigenvalue weighted by Crippen LogP contribution is -1.91. The number of hydrogen-bond acceptors (Lipinski definition) is 4. The van der Waals surface area contributed by atoms with Crippen LogP contribution in [0.2, 0.25) is 0 Å². The minimum absolute atomic E-state index is 0.0861. The second kappa shape index (κ2) is 7.98. The minimum atomic E-state index is -2.30. The maximum Gasteiger partial charge on any atom is 0.301 e. The lowest BCUT2D eigenvalue weighted by Gasteiger charge is -1.98. The average molecular weight is 332 g/mol. The molecule has 22 heavy (non-hydrogen) atoms. The summed E-state index contributed by atoms with van der Waals surface area (Å²) in [6, 6.07) is 6.08. The van der Waals surface area contributed by atoms with Crippen molar-refractivity contribution in [1.29, 1.82) is 0 Å². The van der Waals surface area contributed by atoms with E-state index in [2.05, 4.69) is 10.2 Å². The molecule has 0 saturated heterocycles. The van der Waals surface area contributed by atoms with E-state index in [1.54, 1.807) is 12.1 Å². The van der Waals surface area contributed by atoms with Crippen molar-refractivity contribution in [2.45, 2.75) is 24.5 Å². The number of nitrogens with zero attached hydrogens (tertiary/aromatic N) is 2. The van der Waals surface area contributed by atoms with Crippen molar-refractivity contribution >= 4 is 11.8 Å².